The van der Waals surface area contributed by atoms with Crippen LogP contribution in [0.25, 0.3) is 0 Å². The molecule has 0 aliphatic carbocycles. The van der Waals surface area contributed by atoms with Crippen molar-refractivity contribution >= 4 is 39.1 Å². The Bertz CT molecular complexity index is 1350. The fourth-order valence-electron chi connectivity index (χ4n) is 3.89. The lowest BCUT2D eigenvalue weighted by molar-refractivity contribution is -0.139. The van der Waals surface area contributed by atoms with Crippen molar-refractivity contribution in [3.63, 3.8) is 0 Å². The minimum absolute atomic E-state index is 0.0454. The Kier molecular flexibility index (Phi) is 9.34. The van der Waals surface area contributed by atoms with Gasteiger partial charge in [0.2, 0.25) is 11.8 Å². The fraction of sp³-hybridized carbons (Fsp3) is 0.286. The Balaban J connectivity index is 2.06. The van der Waals surface area contributed by atoms with E-state index in [0.717, 1.165) is 15.4 Å². The van der Waals surface area contributed by atoms with Crippen molar-refractivity contribution in [1.82, 2.24) is 10.2 Å². The van der Waals surface area contributed by atoms with Crippen LogP contribution in [0.5, 0.6) is 0 Å². The molecule has 1 atom stereocenters. The number of sulfonamides is 1. The summed E-state index contributed by atoms with van der Waals surface area (Å²) in [6, 6.07) is 19.7. The lowest BCUT2D eigenvalue weighted by Crippen LogP contribution is -2.51. The van der Waals surface area contributed by atoms with E-state index in [1.54, 1.807) is 57.2 Å². The Morgan fingerprint density at radius 2 is 1.59 bits per heavy atom. The maximum atomic E-state index is 13.8. The van der Waals surface area contributed by atoms with Crippen LogP contribution in [0, 0.1) is 13.8 Å². The van der Waals surface area contributed by atoms with Crippen molar-refractivity contribution < 1.29 is 18.0 Å². The molecule has 0 bridgehead atoms. The Hall–Kier alpha value is -3.36. The number of nitrogens with zero attached hydrogens (tertiary/aromatic N) is 2. The molecule has 1 unspecified atom stereocenters. The van der Waals surface area contributed by atoms with E-state index in [2.05, 4.69) is 5.32 Å². The number of carbonyl (C=O) groups is 2. The van der Waals surface area contributed by atoms with Gasteiger partial charge in [-0.2, -0.15) is 0 Å². The van der Waals surface area contributed by atoms with E-state index >= 15 is 0 Å². The smallest absolute Gasteiger partial charge is 0.264 e. The summed E-state index contributed by atoms with van der Waals surface area (Å²) in [5.41, 5.74) is 2.71. The van der Waals surface area contributed by atoms with Crippen LogP contribution in [0.1, 0.15) is 30.5 Å². The van der Waals surface area contributed by atoms with Gasteiger partial charge in [-0.1, -0.05) is 65.7 Å². The lowest BCUT2D eigenvalue weighted by atomic mass is 10.1. The third kappa shape index (κ3) is 6.70. The Morgan fingerprint density at radius 3 is 2.22 bits per heavy atom. The van der Waals surface area contributed by atoms with E-state index in [1.807, 2.05) is 31.2 Å². The molecule has 1 N–H and O–H groups in total. The van der Waals surface area contributed by atoms with E-state index in [4.69, 9.17) is 11.6 Å². The molecule has 3 rings (SSSR count). The highest BCUT2D eigenvalue weighted by atomic mass is 35.5. The van der Waals surface area contributed by atoms with Crippen LogP contribution in [-0.2, 0) is 26.2 Å². The SMILES string of the molecule is CCNC(=O)C(C)N(Cc1ccc(C)cc1)C(=O)CN(c1cccc(Cl)c1C)S(=O)(=O)c1ccccc1. The minimum atomic E-state index is -4.13. The molecule has 0 aromatic heterocycles. The molecular weight excluding hydrogens is 510 g/mol. The van der Waals surface area contributed by atoms with E-state index in [9.17, 15) is 18.0 Å². The van der Waals surface area contributed by atoms with Crippen molar-refractivity contribution in [2.75, 3.05) is 17.4 Å². The summed E-state index contributed by atoms with van der Waals surface area (Å²) < 4.78 is 28.6. The van der Waals surface area contributed by atoms with Gasteiger partial charge in [-0.3, -0.25) is 13.9 Å². The second kappa shape index (κ2) is 12.3. The first kappa shape index (κ1) is 28.2. The van der Waals surface area contributed by atoms with E-state index in [-0.39, 0.29) is 17.3 Å². The first-order valence-corrected chi connectivity index (χ1v) is 13.8. The second-order valence-corrected chi connectivity index (χ2v) is 11.1. The largest absolute Gasteiger partial charge is 0.355 e. The molecule has 0 saturated carbocycles. The third-order valence-corrected chi connectivity index (χ3v) is 8.29. The molecule has 9 heteroatoms. The number of amides is 2. The summed E-state index contributed by atoms with van der Waals surface area (Å²) in [5.74, 6) is -0.836. The number of benzene rings is 3. The molecule has 0 saturated heterocycles. The number of carbonyl (C=O) groups excluding carboxylic acids is 2. The molecule has 0 fully saturated rings. The summed E-state index contributed by atoms with van der Waals surface area (Å²) >= 11 is 6.33. The molecule has 196 valence electrons. The predicted octanol–water partition coefficient (Wildman–Crippen LogP) is 4.71. The zero-order valence-electron chi connectivity index (χ0n) is 21.4. The summed E-state index contributed by atoms with van der Waals surface area (Å²) in [6.07, 6.45) is 0. The van der Waals surface area contributed by atoms with Crippen molar-refractivity contribution in [2.24, 2.45) is 0 Å². The first-order chi connectivity index (χ1) is 17.6. The number of anilines is 1. The molecular formula is C28H32ClN3O4S. The van der Waals surface area contributed by atoms with Gasteiger partial charge < -0.3 is 10.2 Å². The van der Waals surface area contributed by atoms with Crippen molar-refractivity contribution in [3.8, 4) is 0 Å². The highest BCUT2D eigenvalue weighted by molar-refractivity contribution is 7.92. The van der Waals surface area contributed by atoms with Gasteiger partial charge in [-0.25, -0.2) is 8.42 Å². The average Bonchev–Trinajstić information content (AvgIpc) is 2.88. The zero-order valence-corrected chi connectivity index (χ0v) is 23.0. The molecule has 0 heterocycles. The van der Waals surface area contributed by atoms with E-state index in [0.29, 0.717) is 22.8 Å². The minimum Gasteiger partial charge on any atom is -0.355 e. The number of hydrogen-bond donors (Lipinski definition) is 1. The maximum Gasteiger partial charge on any atom is 0.264 e. The molecule has 3 aromatic carbocycles. The van der Waals surface area contributed by atoms with Crippen molar-refractivity contribution in [2.45, 2.75) is 45.2 Å². The number of likely N-dealkylation sites (N-methyl/N-ethyl adjacent to an activating group) is 1. The number of hydrogen-bond acceptors (Lipinski definition) is 4. The van der Waals surface area contributed by atoms with Gasteiger partial charge in [0, 0.05) is 18.1 Å². The Morgan fingerprint density at radius 1 is 0.946 bits per heavy atom. The van der Waals surface area contributed by atoms with Gasteiger partial charge in [-0.15, -0.1) is 0 Å². The average molecular weight is 542 g/mol. The number of aryl methyl sites for hydroxylation is 1. The summed E-state index contributed by atoms with van der Waals surface area (Å²) in [5, 5.41) is 3.13. The van der Waals surface area contributed by atoms with Crippen LogP contribution in [0.3, 0.4) is 0 Å². The normalized spacial score (nSPS) is 12.0. The van der Waals surface area contributed by atoms with Crippen LogP contribution in [0.4, 0.5) is 5.69 Å². The molecule has 2 amide bonds. The monoisotopic (exact) mass is 541 g/mol. The Labute approximate surface area is 224 Å². The molecule has 0 spiro atoms. The molecule has 7 nitrogen and oxygen atoms in total. The van der Waals surface area contributed by atoms with Crippen LogP contribution in [-0.4, -0.2) is 44.3 Å². The van der Waals surface area contributed by atoms with Gasteiger partial charge in [0.1, 0.15) is 12.6 Å². The van der Waals surface area contributed by atoms with Crippen LogP contribution >= 0.6 is 11.6 Å². The highest BCUT2D eigenvalue weighted by Crippen LogP contribution is 2.31. The summed E-state index contributed by atoms with van der Waals surface area (Å²) in [7, 11) is -4.13. The van der Waals surface area contributed by atoms with Gasteiger partial charge in [0.05, 0.1) is 10.6 Å². The van der Waals surface area contributed by atoms with Crippen LogP contribution in [0.2, 0.25) is 5.02 Å². The third-order valence-electron chi connectivity index (χ3n) is 6.11. The molecule has 0 aliphatic heterocycles. The van der Waals surface area contributed by atoms with Crippen LogP contribution < -0.4 is 9.62 Å². The van der Waals surface area contributed by atoms with E-state index < -0.39 is 28.5 Å². The highest BCUT2D eigenvalue weighted by Gasteiger charge is 2.33. The van der Waals surface area contributed by atoms with Gasteiger partial charge >= 0.3 is 0 Å². The zero-order chi connectivity index (χ0) is 27.2. The van der Waals surface area contributed by atoms with Crippen molar-refractivity contribution in [3.05, 3.63) is 94.5 Å². The van der Waals surface area contributed by atoms with Crippen molar-refractivity contribution in [1.29, 1.82) is 0 Å². The standard InChI is InChI=1S/C28H32ClN3O4S/c1-5-30-28(34)22(4)31(18-23-16-14-20(2)15-17-23)27(33)19-32(26-13-9-12-25(29)21(26)3)37(35,36)24-10-7-6-8-11-24/h6-17,22H,5,18-19H2,1-4H3,(H,30,34). The molecule has 37 heavy (non-hydrogen) atoms. The number of nitrogens with one attached hydrogen (secondary N) is 1. The second-order valence-electron chi connectivity index (χ2n) is 8.79. The lowest BCUT2D eigenvalue weighted by Gasteiger charge is -2.32. The predicted molar refractivity (Wildman–Crippen MR) is 147 cm³/mol. The first-order valence-electron chi connectivity index (χ1n) is 12.0. The number of halogens is 1. The molecule has 0 radical (unpaired) electrons. The fourth-order valence-corrected chi connectivity index (χ4v) is 5.56. The summed E-state index contributed by atoms with van der Waals surface area (Å²) in [4.78, 5) is 28.0. The molecule has 3 aromatic rings. The van der Waals surface area contributed by atoms with Gasteiger partial charge in [0.15, 0.2) is 0 Å². The van der Waals surface area contributed by atoms with Gasteiger partial charge in [0.25, 0.3) is 10.0 Å². The van der Waals surface area contributed by atoms with E-state index in [1.165, 1.54) is 17.0 Å². The van der Waals surface area contributed by atoms with Gasteiger partial charge in [-0.05, 0) is 63.1 Å². The summed E-state index contributed by atoms with van der Waals surface area (Å²) in [6.45, 7) is 7.15. The maximum absolute atomic E-state index is 13.8. The van der Waals surface area contributed by atoms with Crippen LogP contribution in [0.15, 0.2) is 77.7 Å². The number of rotatable bonds is 10. The quantitative estimate of drug-likeness (QED) is 0.403. The topological polar surface area (TPSA) is 86.8 Å². The molecule has 0 aliphatic rings.